The number of Topliss-reactive ketones (excluding diaryl/α,β-unsaturated/α-hetero) is 1. The molecule has 0 spiro atoms. The van der Waals surface area contributed by atoms with E-state index in [-0.39, 0.29) is 17.9 Å². The van der Waals surface area contributed by atoms with E-state index in [0.717, 1.165) is 12.1 Å². The Hall–Kier alpha value is -2.24. The van der Waals surface area contributed by atoms with Crippen molar-refractivity contribution in [3.8, 4) is 0 Å². The van der Waals surface area contributed by atoms with Crippen LogP contribution in [0.25, 0.3) is 0 Å². The van der Waals surface area contributed by atoms with E-state index in [4.69, 9.17) is 0 Å². The summed E-state index contributed by atoms with van der Waals surface area (Å²) in [4.78, 5) is 19.2. The molecule has 0 radical (unpaired) electrons. The molecule has 98 valence electrons. The number of benzene rings is 1. The van der Waals surface area contributed by atoms with Gasteiger partial charge >= 0.3 is 6.18 Å². The van der Waals surface area contributed by atoms with Crippen LogP contribution in [0.15, 0.2) is 42.9 Å². The van der Waals surface area contributed by atoms with Crippen LogP contribution < -0.4 is 0 Å². The zero-order valence-corrected chi connectivity index (χ0v) is 9.69. The second-order valence-electron chi connectivity index (χ2n) is 3.89. The minimum absolute atomic E-state index is 0.124. The first kappa shape index (κ1) is 13.2. The lowest BCUT2D eigenvalue weighted by Crippen LogP contribution is -2.09. The minimum Gasteiger partial charge on any atom is -0.292 e. The van der Waals surface area contributed by atoms with Crippen LogP contribution in [0.4, 0.5) is 13.2 Å². The van der Waals surface area contributed by atoms with Crippen LogP contribution in [-0.4, -0.2) is 15.8 Å². The summed E-state index contributed by atoms with van der Waals surface area (Å²) in [6.07, 6.45) is -1.90. The maximum Gasteiger partial charge on any atom is 0.416 e. The first-order valence-electron chi connectivity index (χ1n) is 5.42. The van der Waals surface area contributed by atoms with Gasteiger partial charge in [-0.1, -0.05) is 18.2 Å². The largest absolute Gasteiger partial charge is 0.416 e. The Morgan fingerprint density at radius 2 is 2.00 bits per heavy atom. The van der Waals surface area contributed by atoms with Crippen LogP contribution in [0.2, 0.25) is 0 Å². The van der Waals surface area contributed by atoms with Gasteiger partial charge in [-0.05, 0) is 17.7 Å². The molecule has 0 bridgehead atoms. The lowest BCUT2D eigenvalue weighted by molar-refractivity contribution is -0.137. The molecule has 2 aromatic rings. The van der Waals surface area contributed by atoms with E-state index in [1.807, 2.05) is 0 Å². The first-order chi connectivity index (χ1) is 8.97. The van der Waals surface area contributed by atoms with E-state index in [1.54, 1.807) is 0 Å². The Kier molecular flexibility index (Phi) is 3.59. The summed E-state index contributed by atoms with van der Waals surface area (Å²) in [6, 6.07) is 6.13. The van der Waals surface area contributed by atoms with Crippen molar-refractivity contribution in [1.82, 2.24) is 9.97 Å². The first-order valence-corrected chi connectivity index (χ1v) is 5.42. The molecule has 3 nitrogen and oxygen atoms in total. The number of alkyl halides is 3. The molecule has 1 heterocycles. The van der Waals surface area contributed by atoms with Gasteiger partial charge in [0.2, 0.25) is 0 Å². The van der Waals surface area contributed by atoms with Gasteiger partial charge in [0.25, 0.3) is 0 Å². The van der Waals surface area contributed by atoms with Crippen LogP contribution in [0, 0.1) is 0 Å². The number of hydrogen-bond acceptors (Lipinski definition) is 3. The van der Waals surface area contributed by atoms with Crippen LogP contribution in [0.3, 0.4) is 0 Å². The third-order valence-corrected chi connectivity index (χ3v) is 2.49. The fourth-order valence-electron chi connectivity index (χ4n) is 1.59. The smallest absolute Gasteiger partial charge is 0.292 e. The van der Waals surface area contributed by atoms with Crippen molar-refractivity contribution in [3.05, 3.63) is 59.7 Å². The van der Waals surface area contributed by atoms with Gasteiger partial charge in [0.05, 0.1) is 5.56 Å². The molecule has 0 fully saturated rings. The Bertz CT molecular complexity index is 582. The molecule has 0 unspecified atom stereocenters. The standard InChI is InChI=1S/C13H9F3N2O/c14-13(15,16)10-3-1-2-9(6-10)7-12(19)11-4-5-17-8-18-11/h1-6,8H,7H2. The lowest BCUT2D eigenvalue weighted by Gasteiger charge is -2.08. The highest BCUT2D eigenvalue weighted by Crippen LogP contribution is 2.29. The van der Waals surface area contributed by atoms with Gasteiger partial charge < -0.3 is 0 Å². The van der Waals surface area contributed by atoms with Gasteiger partial charge in [0.1, 0.15) is 12.0 Å². The monoisotopic (exact) mass is 266 g/mol. The minimum atomic E-state index is -4.41. The summed E-state index contributed by atoms with van der Waals surface area (Å²) >= 11 is 0. The van der Waals surface area contributed by atoms with E-state index >= 15 is 0 Å². The third-order valence-electron chi connectivity index (χ3n) is 2.49. The molecule has 0 amide bonds. The van der Waals surface area contributed by atoms with Gasteiger partial charge in [-0.3, -0.25) is 4.79 Å². The molecular weight excluding hydrogens is 257 g/mol. The molecule has 1 aromatic heterocycles. The van der Waals surface area contributed by atoms with Crippen molar-refractivity contribution in [2.24, 2.45) is 0 Å². The van der Waals surface area contributed by atoms with Gasteiger partial charge in [0.15, 0.2) is 5.78 Å². The molecule has 0 aliphatic rings. The summed E-state index contributed by atoms with van der Waals surface area (Å²) in [7, 11) is 0. The van der Waals surface area contributed by atoms with Crippen molar-refractivity contribution >= 4 is 5.78 Å². The lowest BCUT2D eigenvalue weighted by atomic mass is 10.0. The van der Waals surface area contributed by atoms with Crippen LogP contribution >= 0.6 is 0 Å². The predicted octanol–water partition coefficient (Wildman–Crippen LogP) is 2.92. The zero-order chi connectivity index (χ0) is 13.9. The SMILES string of the molecule is O=C(Cc1cccc(C(F)(F)F)c1)c1ccncn1. The highest BCUT2D eigenvalue weighted by atomic mass is 19.4. The van der Waals surface area contributed by atoms with Crippen molar-refractivity contribution in [3.63, 3.8) is 0 Å². The van der Waals surface area contributed by atoms with E-state index in [0.29, 0.717) is 5.56 Å². The topological polar surface area (TPSA) is 42.9 Å². The predicted molar refractivity (Wildman–Crippen MR) is 61.5 cm³/mol. The molecule has 0 atom stereocenters. The highest BCUT2D eigenvalue weighted by Gasteiger charge is 2.30. The molecule has 19 heavy (non-hydrogen) atoms. The number of ketones is 1. The number of carbonyl (C=O) groups excluding carboxylic acids is 1. The number of carbonyl (C=O) groups is 1. The quantitative estimate of drug-likeness (QED) is 0.802. The molecule has 1 aromatic carbocycles. The van der Waals surface area contributed by atoms with E-state index in [9.17, 15) is 18.0 Å². The van der Waals surface area contributed by atoms with Crippen molar-refractivity contribution in [2.45, 2.75) is 12.6 Å². The van der Waals surface area contributed by atoms with Crippen molar-refractivity contribution in [2.75, 3.05) is 0 Å². The Labute approximate surface area is 107 Å². The second kappa shape index (κ2) is 5.17. The molecule has 0 aliphatic heterocycles. The third kappa shape index (κ3) is 3.37. The molecule has 0 aliphatic carbocycles. The summed E-state index contributed by atoms with van der Waals surface area (Å²) in [5.74, 6) is -0.346. The molecule has 6 heteroatoms. The maximum absolute atomic E-state index is 12.5. The van der Waals surface area contributed by atoms with Gasteiger partial charge in [-0.25, -0.2) is 9.97 Å². The molecular formula is C13H9F3N2O. The van der Waals surface area contributed by atoms with E-state index in [2.05, 4.69) is 9.97 Å². The maximum atomic E-state index is 12.5. The van der Waals surface area contributed by atoms with Gasteiger partial charge in [-0.15, -0.1) is 0 Å². The number of nitrogens with zero attached hydrogens (tertiary/aromatic N) is 2. The Morgan fingerprint density at radius 1 is 1.21 bits per heavy atom. The molecule has 0 saturated carbocycles. The molecule has 0 saturated heterocycles. The fourth-order valence-corrected chi connectivity index (χ4v) is 1.59. The zero-order valence-electron chi connectivity index (χ0n) is 9.69. The number of rotatable bonds is 3. The number of aromatic nitrogens is 2. The number of halogens is 3. The van der Waals surface area contributed by atoms with E-state index < -0.39 is 11.7 Å². The van der Waals surface area contributed by atoms with E-state index in [1.165, 1.54) is 30.7 Å². The summed E-state index contributed by atoms with van der Waals surface area (Å²) in [5, 5.41) is 0. The van der Waals surface area contributed by atoms with Crippen LogP contribution in [0.1, 0.15) is 21.6 Å². The Balaban J connectivity index is 2.18. The second-order valence-corrected chi connectivity index (χ2v) is 3.89. The van der Waals surface area contributed by atoms with Crippen LogP contribution in [-0.2, 0) is 12.6 Å². The fraction of sp³-hybridized carbons (Fsp3) is 0.154. The Morgan fingerprint density at radius 3 is 2.63 bits per heavy atom. The highest BCUT2D eigenvalue weighted by molar-refractivity contribution is 5.95. The number of hydrogen-bond donors (Lipinski definition) is 0. The van der Waals surface area contributed by atoms with Crippen molar-refractivity contribution in [1.29, 1.82) is 0 Å². The molecule has 0 N–H and O–H groups in total. The average molecular weight is 266 g/mol. The average Bonchev–Trinajstić information content (AvgIpc) is 2.39. The summed E-state index contributed by atoms with van der Waals surface area (Å²) in [5.41, 5.74) is -0.272. The normalized spacial score (nSPS) is 11.3. The van der Waals surface area contributed by atoms with Crippen LogP contribution in [0.5, 0.6) is 0 Å². The van der Waals surface area contributed by atoms with Crippen molar-refractivity contribution < 1.29 is 18.0 Å². The molecule has 2 rings (SSSR count). The van der Waals surface area contributed by atoms with Gasteiger partial charge in [0, 0.05) is 12.6 Å². The summed E-state index contributed by atoms with van der Waals surface area (Å²) in [6.45, 7) is 0. The van der Waals surface area contributed by atoms with Gasteiger partial charge in [-0.2, -0.15) is 13.2 Å². The summed E-state index contributed by atoms with van der Waals surface area (Å²) < 4.78 is 37.6.